The number of aromatic nitrogens is 2. The van der Waals surface area contributed by atoms with Gasteiger partial charge in [0.05, 0.1) is 12.7 Å². The largest absolute Gasteiger partial charge is 0.376 e. The van der Waals surface area contributed by atoms with Crippen molar-refractivity contribution in [3.63, 3.8) is 0 Å². The van der Waals surface area contributed by atoms with Crippen LogP contribution in [-0.4, -0.2) is 35.4 Å². The van der Waals surface area contributed by atoms with Crippen LogP contribution in [0.4, 0.5) is 0 Å². The molecule has 1 aromatic rings. The average molecular weight is 290 g/mol. The maximum absolute atomic E-state index is 11.6. The molecule has 5 nitrogen and oxygen atoms in total. The van der Waals surface area contributed by atoms with Crippen LogP contribution in [-0.2, 0) is 4.74 Å². The summed E-state index contributed by atoms with van der Waals surface area (Å²) < 4.78 is 5.98. The second kappa shape index (κ2) is 7.01. The lowest BCUT2D eigenvalue weighted by molar-refractivity contribution is 0.0299. The van der Waals surface area contributed by atoms with Crippen molar-refractivity contribution in [2.75, 3.05) is 13.2 Å². The second-order valence-corrected chi connectivity index (χ2v) is 5.81. The Morgan fingerprint density at radius 1 is 1.39 bits per heavy atom. The van der Waals surface area contributed by atoms with E-state index in [0.29, 0.717) is 19.3 Å². The summed E-state index contributed by atoms with van der Waals surface area (Å²) in [7, 11) is 0. The molecule has 18 heavy (non-hydrogen) atoms. The van der Waals surface area contributed by atoms with Crippen molar-refractivity contribution in [2.24, 2.45) is 0 Å². The number of hydrogen-bond acceptors (Lipinski definition) is 5. The van der Waals surface area contributed by atoms with E-state index in [-0.39, 0.29) is 15.4 Å². The molecule has 0 unspecified atom stereocenters. The molecule has 100 valence electrons. The monoisotopic (exact) mass is 289 g/mol. The molecule has 1 saturated carbocycles. The molecule has 0 saturated heterocycles. The number of carbonyl (C=O) groups is 1. The van der Waals surface area contributed by atoms with Gasteiger partial charge in [-0.3, -0.25) is 4.79 Å². The van der Waals surface area contributed by atoms with Gasteiger partial charge in [0.1, 0.15) is 0 Å². The van der Waals surface area contributed by atoms with Crippen molar-refractivity contribution in [3.05, 3.63) is 9.47 Å². The minimum Gasteiger partial charge on any atom is -0.376 e. The van der Waals surface area contributed by atoms with Crippen molar-refractivity contribution < 1.29 is 9.53 Å². The van der Waals surface area contributed by atoms with Crippen LogP contribution >= 0.6 is 22.9 Å². The Labute approximate surface area is 115 Å². The van der Waals surface area contributed by atoms with E-state index in [2.05, 4.69) is 15.5 Å². The van der Waals surface area contributed by atoms with Crippen LogP contribution in [0.25, 0.3) is 0 Å². The Bertz CT molecular complexity index is 393. The normalized spacial score (nSPS) is 16.7. The predicted molar refractivity (Wildman–Crippen MR) is 70.1 cm³/mol. The number of carbonyl (C=O) groups excluding carboxylic acids is 1. The highest BCUT2D eigenvalue weighted by molar-refractivity contribution is 7.17. The molecule has 1 aliphatic carbocycles. The summed E-state index contributed by atoms with van der Waals surface area (Å²) in [6.45, 7) is 1.04. The molecule has 7 heteroatoms. The van der Waals surface area contributed by atoms with E-state index in [1.807, 2.05) is 0 Å². The second-order valence-electron chi connectivity index (χ2n) is 4.25. The zero-order chi connectivity index (χ0) is 12.8. The van der Waals surface area contributed by atoms with Crippen LogP contribution in [0.2, 0.25) is 4.47 Å². The van der Waals surface area contributed by atoms with Crippen LogP contribution < -0.4 is 5.32 Å². The third-order valence-electron chi connectivity index (χ3n) is 2.89. The summed E-state index contributed by atoms with van der Waals surface area (Å²) in [5, 5.41) is 10.3. The molecular formula is C11H16ClN3O2S. The van der Waals surface area contributed by atoms with Gasteiger partial charge in [-0.25, -0.2) is 0 Å². The molecule has 1 amide bonds. The predicted octanol–water partition coefficient (Wildman–Crippen LogP) is 2.27. The Morgan fingerprint density at radius 2 is 2.17 bits per heavy atom. The fraction of sp³-hybridized carbons (Fsp3) is 0.727. The molecular weight excluding hydrogens is 274 g/mol. The van der Waals surface area contributed by atoms with Gasteiger partial charge in [0.25, 0.3) is 5.91 Å². The van der Waals surface area contributed by atoms with Crippen LogP contribution in [0.3, 0.4) is 0 Å². The molecule has 0 aliphatic heterocycles. The Balaban J connectivity index is 1.61. The van der Waals surface area contributed by atoms with Gasteiger partial charge in [-0.05, 0) is 24.4 Å². The molecule has 1 fully saturated rings. The molecule has 2 rings (SSSR count). The summed E-state index contributed by atoms with van der Waals surface area (Å²) in [4.78, 5) is 11.6. The lowest BCUT2D eigenvalue weighted by atomic mass is 9.98. The highest BCUT2D eigenvalue weighted by Gasteiger charge is 2.14. The van der Waals surface area contributed by atoms with E-state index in [4.69, 9.17) is 16.3 Å². The van der Waals surface area contributed by atoms with E-state index in [9.17, 15) is 4.79 Å². The zero-order valence-electron chi connectivity index (χ0n) is 10.0. The molecule has 1 N–H and O–H groups in total. The third-order valence-corrected chi connectivity index (χ3v) is 3.91. The van der Waals surface area contributed by atoms with Gasteiger partial charge < -0.3 is 10.1 Å². The molecule has 0 atom stereocenters. The Morgan fingerprint density at radius 3 is 2.83 bits per heavy atom. The van der Waals surface area contributed by atoms with Gasteiger partial charge in [0.15, 0.2) is 0 Å². The molecule has 0 radical (unpaired) electrons. The first-order valence-electron chi connectivity index (χ1n) is 6.14. The number of rotatable bonds is 5. The molecule has 1 aromatic heterocycles. The first-order chi connectivity index (χ1) is 8.75. The van der Waals surface area contributed by atoms with E-state index < -0.39 is 0 Å². The first-order valence-corrected chi connectivity index (χ1v) is 7.34. The maximum Gasteiger partial charge on any atom is 0.282 e. The number of hydrogen-bond donors (Lipinski definition) is 1. The van der Waals surface area contributed by atoms with Crippen LogP contribution in [0.15, 0.2) is 0 Å². The van der Waals surface area contributed by atoms with Gasteiger partial charge in [-0.2, -0.15) is 0 Å². The van der Waals surface area contributed by atoms with E-state index in [1.165, 1.54) is 19.3 Å². The van der Waals surface area contributed by atoms with Crippen LogP contribution in [0, 0.1) is 0 Å². The number of ether oxygens (including phenoxy) is 1. The Kier molecular flexibility index (Phi) is 5.34. The molecule has 1 aliphatic rings. The highest BCUT2D eigenvalue weighted by atomic mass is 35.5. The molecule has 0 spiro atoms. The van der Waals surface area contributed by atoms with Crippen LogP contribution in [0.1, 0.15) is 41.9 Å². The van der Waals surface area contributed by atoms with E-state index in [1.54, 1.807) is 0 Å². The van der Waals surface area contributed by atoms with Crippen molar-refractivity contribution in [1.82, 2.24) is 15.5 Å². The minimum absolute atomic E-state index is 0.244. The summed E-state index contributed by atoms with van der Waals surface area (Å²) in [5.41, 5.74) is 0. The Hall–Kier alpha value is -0.720. The third kappa shape index (κ3) is 4.19. The van der Waals surface area contributed by atoms with E-state index >= 15 is 0 Å². The average Bonchev–Trinajstić information content (AvgIpc) is 2.82. The summed E-state index contributed by atoms with van der Waals surface area (Å²) in [5.74, 6) is -0.244. The number of amides is 1. The number of nitrogens with zero attached hydrogens (tertiary/aromatic N) is 2. The summed E-state index contributed by atoms with van der Waals surface area (Å²) in [6, 6.07) is 0. The quantitative estimate of drug-likeness (QED) is 0.845. The minimum atomic E-state index is -0.244. The molecule has 0 aromatic carbocycles. The van der Waals surface area contributed by atoms with Crippen molar-refractivity contribution in [2.45, 2.75) is 38.2 Å². The highest BCUT2D eigenvalue weighted by Crippen LogP contribution is 2.19. The van der Waals surface area contributed by atoms with Crippen molar-refractivity contribution >= 4 is 28.8 Å². The van der Waals surface area contributed by atoms with Gasteiger partial charge in [0, 0.05) is 6.54 Å². The summed E-state index contributed by atoms with van der Waals surface area (Å²) in [6.07, 6.45) is 6.46. The van der Waals surface area contributed by atoms with Gasteiger partial charge >= 0.3 is 0 Å². The van der Waals surface area contributed by atoms with E-state index in [0.717, 1.165) is 24.2 Å². The topological polar surface area (TPSA) is 64.1 Å². The zero-order valence-corrected chi connectivity index (χ0v) is 11.6. The van der Waals surface area contributed by atoms with Crippen molar-refractivity contribution in [1.29, 1.82) is 0 Å². The fourth-order valence-electron chi connectivity index (χ4n) is 1.99. The van der Waals surface area contributed by atoms with Gasteiger partial charge in [-0.15, -0.1) is 10.2 Å². The maximum atomic E-state index is 11.6. The number of halogens is 1. The fourth-order valence-corrected chi connectivity index (χ4v) is 2.74. The smallest absolute Gasteiger partial charge is 0.282 e. The molecule has 0 bridgehead atoms. The lowest BCUT2D eigenvalue weighted by Crippen LogP contribution is -2.29. The standard InChI is InChI=1S/C11H16ClN3O2S/c12-11-15-14-10(18-11)9(16)13-6-7-17-8-4-2-1-3-5-8/h8H,1-7H2,(H,13,16). The molecule has 1 heterocycles. The SMILES string of the molecule is O=C(NCCOC1CCCCC1)c1nnc(Cl)s1. The lowest BCUT2D eigenvalue weighted by Gasteiger charge is -2.21. The first kappa shape index (κ1) is 13.7. The van der Waals surface area contributed by atoms with Crippen molar-refractivity contribution in [3.8, 4) is 0 Å². The van der Waals surface area contributed by atoms with Crippen LogP contribution in [0.5, 0.6) is 0 Å². The number of nitrogens with one attached hydrogen (secondary N) is 1. The summed E-state index contributed by atoms with van der Waals surface area (Å²) >= 11 is 6.68. The van der Waals surface area contributed by atoms with Gasteiger partial charge in [-0.1, -0.05) is 30.6 Å². The van der Waals surface area contributed by atoms with Gasteiger partial charge in [0.2, 0.25) is 9.47 Å².